The maximum absolute atomic E-state index is 11.4. The van der Waals surface area contributed by atoms with Crippen LogP contribution in [0.3, 0.4) is 0 Å². The van der Waals surface area contributed by atoms with Crippen LogP contribution >= 0.6 is 0 Å². The van der Waals surface area contributed by atoms with Crippen molar-refractivity contribution in [3.05, 3.63) is 19.2 Å². The number of rotatable bonds is 4. The molecule has 14 heavy (non-hydrogen) atoms. The molecule has 1 unspecified atom stereocenters. The molecule has 0 aromatic carbocycles. The van der Waals surface area contributed by atoms with Gasteiger partial charge in [-0.15, -0.1) is 0 Å². The maximum atomic E-state index is 11.4. The van der Waals surface area contributed by atoms with E-state index in [-0.39, 0.29) is 52.1 Å². The van der Waals surface area contributed by atoms with Gasteiger partial charge in [-0.3, -0.25) is 4.79 Å². The smallest absolute Gasteiger partial charge is 0.205 e. The summed E-state index contributed by atoms with van der Waals surface area (Å²) in [7, 11) is 1.65. The van der Waals surface area contributed by atoms with Gasteiger partial charge in [-0.25, -0.2) is 0 Å². The van der Waals surface area contributed by atoms with E-state index in [1.165, 1.54) is 0 Å². The van der Waals surface area contributed by atoms with Crippen LogP contribution in [0.1, 0.15) is 27.7 Å². The third-order valence-corrected chi connectivity index (χ3v) is 1.97. The molecular weight excluding hydrogens is 253 g/mol. The number of likely N-dealkylation sites (N-methyl/N-ethyl adjacent to an activating group) is 1. The Balaban J connectivity index is -0.000000605. The standard InChI is InChI=1S/C9H18N2O.CH3.Y/c1-6-7(2)11-8(12)9(3,4)10-5;;/h6-7H,1-5H3,(H,11,12);1H3;/q2*-1;. The second-order valence-corrected chi connectivity index (χ2v) is 3.38. The van der Waals surface area contributed by atoms with Gasteiger partial charge in [-0.05, 0) is 18.9 Å². The van der Waals surface area contributed by atoms with Crippen LogP contribution in [0.25, 0.3) is 5.32 Å². The second-order valence-electron chi connectivity index (χ2n) is 3.38. The number of carbonyl (C=O) groups excluding carboxylic acids is 1. The number of nitrogens with one attached hydrogen (secondary N) is 1. The molecule has 2 radical (unpaired) electrons. The Kier molecular flexibility index (Phi) is 12.6. The van der Waals surface area contributed by atoms with Gasteiger partial charge >= 0.3 is 0 Å². The molecule has 82 valence electrons. The van der Waals surface area contributed by atoms with Crippen molar-refractivity contribution in [1.82, 2.24) is 5.32 Å². The van der Waals surface area contributed by atoms with Crippen LogP contribution in [-0.2, 0) is 37.5 Å². The molecule has 0 bridgehead atoms. The minimum atomic E-state index is -0.614. The van der Waals surface area contributed by atoms with Gasteiger partial charge in [0.05, 0.1) is 0 Å². The predicted octanol–water partition coefficient (Wildman–Crippen LogP) is 1.95. The first-order valence-corrected chi connectivity index (χ1v) is 4.15. The van der Waals surface area contributed by atoms with Gasteiger partial charge in [0.2, 0.25) is 5.91 Å². The van der Waals surface area contributed by atoms with Crippen LogP contribution in [0.15, 0.2) is 0 Å². The van der Waals surface area contributed by atoms with Crippen LogP contribution in [0.5, 0.6) is 0 Å². The fourth-order valence-corrected chi connectivity index (χ4v) is 0.568. The predicted molar refractivity (Wildman–Crippen MR) is 57.4 cm³/mol. The van der Waals surface area contributed by atoms with E-state index in [2.05, 4.69) is 10.6 Å². The van der Waals surface area contributed by atoms with Crippen molar-refractivity contribution in [3.8, 4) is 0 Å². The second kappa shape index (κ2) is 8.81. The molecule has 0 fully saturated rings. The summed E-state index contributed by atoms with van der Waals surface area (Å²) in [4.78, 5) is 11.4. The molecule has 0 aliphatic carbocycles. The summed E-state index contributed by atoms with van der Waals surface area (Å²) < 4.78 is 0. The zero-order valence-electron chi connectivity index (χ0n) is 10.1. The van der Waals surface area contributed by atoms with Crippen molar-refractivity contribution in [1.29, 1.82) is 0 Å². The molecule has 0 saturated heterocycles. The molecule has 0 heterocycles. The summed E-state index contributed by atoms with van der Waals surface area (Å²) >= 11 is 0. The molecule has 0 aromatic rings. The van der Waals surface area contributed by atoms with E-state index in [9.17, 15) is 4.79 Å². The summed E-state index contributed by atoms with van der Waals surface area (Å²) in [5.74, 6) is -0.0319. The molecule has 3 nitrogen and oxygen atoms in total. The van der Waals surface area contributed by atoms with Crippen molar-refractivity contribution >= 4 is 5.91 Å². The summed E-state index contributed by atoms with van der Waals surface area (Å²) in [5, 5.41) is 6.81. The summed E-state index contributed by atoms with van der Waals surface area (Å²) in [5.41, 5.74) is -0.614. The van der Waals surface area contributed by atoms with Gasteiger partial charge < -0.3 is 18.1 Å². The van der Waals surface area contributed by atoms with Gasteiger partial charge in [-0.1, -0.05) is 20.8 Å². The Morgan fingerprint density at radius 2 is 1.93 bits per heavy atom. The minimum absolute atomic E-state index is 0. The van der Waals surface area contributed by atoms with Gasteiger partial charge in [0.25, 0.3) is 0 Å². The molecule has 0 aliphatic heterocycles. The topological polar surface area (TPSA) is 43.2 Å². The van der Waals surface area contributed by atoms with Crippen LogP contribution in [0.4, 0.5) is 0 Å². The Bertz CT molecular complexity index is 160. The fourth-order valence-electron chi connectivity index (χ4n) is 0.568. The van der Waals surface area contributed by atoms with E-state index in [0.29, 0.717) is 0 Å². The fraction of sp³-hybridized carbons (Fsp3) is 0.700. The molecule has 1 N–H and O–H groups in total. The number of nitrogens with zero attached hydrogens (tertiary/aromatic N) is 1. The van der Waals surface area contributed by atoms with E-state index in [4.69, 9.17) is 0 Å². The zero-order chi connectivity index (χ0) is 9.78. The molecule has 1 atom stereocenters. The normalized spacial score (nSPS) is 12.1. The van der Waals surface area contributed by atoms with Crippen LogP contribution in [0.2, 0.25) is 0 Å². The molecule has 0 aliphatic rings. The van der Waals surface area contributed by atoms with Crippen molar-refractivity contribution in [2.45, 2.75) is 39.3 Å². The van der Waals surface area contributed by atoms with E-state index in [1.807, 2.05) is 20.3 Å². The molecule has 1 amide bonds. The SMILES string of the molecule is C[CH]C(C)NC(=O)C(C)(C)[N-]C.[CH3-].[Y]. The summed E-state index contributed by atoms with van der Waals surface area (Å²) in [6.07, 6.45) is 1.93. The number of carbonyl (C=O) groups is 1. The third-order valence-electron chi connectivity index (χ3n) is 1.97. The van der Waals surface area contributed by atoms with Gasteiger partial charge in [-0.2, -0.15) is 7.05 Å². The zero-order valence-corrected chi connectivity index (χ0v) is 12.9. The summed E-state index contributed by atoms with van der Waals surface area (Å²) in [6, 6.07) is 0.110. The average molecular weight is 274 g/mol. The Morgan fingerprint density at radius 3 is 2.21 bits per heavy atom. The van der Waals surface area contributed by atoms with Crippen molar-refractivity contribution in [3.63, 3.8) is 0 Å². The number of amides is 1. The van der Waals surface area contributed by atoms with E-state index < -0.39 is 5.54 Å². The van der Waals surface area contributed by atoms with Gasteiger partial charge in [0.15, 0.2) is 0 Å². The number of hydrogen-bond donors (Lipinski definition) is 1. The Hall–Kier alpha value is 0.534. The molecule has 4 heteroatoms. The van der Waals surface area contributed by atoms with Crippen molar-refractivity contribution in [2.24, 2.45) is 0 Å². The van der Waals surface area contributed by atoms with Crippen LogP contribution in [0, 0.1) is 13.8 Å². The molecule has 0 rings (SSSR count). The first-order chi connectivity index (χ1) is 5.44. The molecule has 0 aromatic heterocycles. The van der Waals surface area contributed by atoms with Crippen molar-refractivity contribution in [2.75, 3.05) is 7.05 Å². The first kappa shape index (κ1) is 20.0. The minimum Gasteiger partial charge on any atom is -0.652 e. The summed E-state index contributed by atoms with van der Waals surface area (Å²) in [6.45, 7) is 7.44. The van der Waals surface area contributed by atoms with Gasteiger partial charge in [0, 0.05) is 38.8 Å². The quantitative estimate of drug-likeness (QED) is 0.782. The molecular formula is C10H21N2OY-2. The van der Waals surface area contributed by atoms with E-state index in [0.717, 1.165) is 0 Å². The maximum Gasteiger partial charge on any atom is 0.205 e. The largest absolute Gasteiger partial charge is 0.652 e. The van der Waals surface area contributed by atoms with Crippen molar-refractivity contribution < 1.29 is 37.5 Å². The Labute approximate surface area is 114 Å². The third kappa shape index (κ3) is 6.91. The average Bonchev–Trinajstić information content (AvgIpc) is 2.04. The van der Waals surface area contributed by atoms with Crippen LogP contribution in [-0.4, -0.2) is 24.5 Å². The van der Waals surface area contributed by atoms with E-state index >= 15 is 0 Å². The van der Waals surface area contributed by atoms with E-state index in [1.54, 1.807) is 20.9 Å². The molecule has 0 spiro atoms. The Morgan fingerprint density at radius 1 is 1.50 bits per heavy atom. The van der Waals surface area contributed by atoms with Crippen LogP contribution < -0.4 is 5.32 Å². The molecule has 0 saturated carbocycles. The monoisotopic (exact) mass is 274 g/mol. The van der Waals surface area contributed by atoms with Gasteiger partial charge in [0.1, 0.15) is 0 Å². The number of hydrogen-bond acceptors (Lipinski definition) is 1. The first-order valence-electron chi connectivity index (χ1n) is 4.15.